The molecule has 23 nitrogen and oxygen atoms in total. The lowest BCUT2D eigenvalue weighted by Crippen LogP contribution is -2.47. The van der Waals surface area contributed by atoms with E-state index >= 15 is 0 Å². The Labute approximate surface area is 668 Å². The number of anilines is 2. The van der Waals surface area contributed by atoms with Gasteiger partial charge in [-0.1, -0.05) is 272 Å². The highest BCUT2D eigenvalue weighted by Gasteiger charge is 2.43. The number of aromatic carboxylic acids is 2. The van der Waals surface area contributed by atoms with Crippen LogP contribution >= 0.6 is 11.6 Å². The number of hydrogen-bond acceptors (Lipinski definition) is 15. The van der Waals surface area contributed by atoms with Gasteiger partial charge in [0.1, 0.15) is 27.0 Å². The molecular weight excluding hydrogens is 1480 g/mol. The van der Waals surface area contributed by atoms with Crippen molar-refractivity contribution in [2.75, 3.05) is 44.0 Å². The second-order valence-corrected chi connectivity index (χ2v) is 33.2. The number of imidazole rings is 1. The Kier molecular flexibility index (Phi) is 37.0. The Balaban J connectivity index is 0.000000302. The number of hydrogen-bond donors (Lipinski definition) is 4. The van der Waals surface area contributed by atoms with E-state index in [9.17, 15) is 46.2 Å². The number of fused-ring (bicyclic) bond motifs is 2. The minimum absolute atomic E-state index is 0.0310. The van der Waals surface area contributed by atoms with Crippen LogP contribution in [0, 0.1) is 13.8 Å². The molecule has 112 heavy (non-hydrogen) atoms. The van der Waals surface area contributed by atoms with Crippen molar-refractivity contribution in [2.24, 2.45) is 9.98 Å². The highest BCUT2D eigenvalue weighted by atomic mass is 35.5. The van der Waals surface area contributed by atoms with Gasteiger partial charge in [-0.25, -0.2) is 41.4 Å². The van der Waals surface area contributed by atoms with Crippen LogP contribution in [-0.4, -0.2) is 124 Å². The van der Waals surface area contributed by atoms with Crippen LogP contribution in [0.5, 0.6) is 17.2 Å². The first-order valence-electron chi connectivity index (χ1n) is 40.6. The fourth-order valence-electron chi connectivity index (χ4n) is 14.0. The number of para-hydroxylation sites is 4. The lowest BCUT2D eigenvalue weighted by Gasteiger charge is -2.33. The molecule has 0 aliphatic carbocycles. The van der Waals surface area contributed by atoms with Crippen molar-refractivity contribution in [3.63, 3.8) is 0 Å². The number of carboxylic acids is 2. The third-order valence-corrected chi connectivity index (χ3v) is 24.1. The number of aryl methyl sites for hydroxylation is 2. The van der Waals surface area contributed by atoms with Gasteiger partial charge < -0.3 is 39.6 Å². The first-order chi connectivity index (χ1) is 54.3. The van der Waals surface area contributed by atoms with E-state index < -0.39 is 55.9 Å². The summed E-state index contributed by atoms with van der Waals surface area (Å²) < 4.78 is 79.1. The molecule has 5 aromatic carbocycles. The van der Waals surface area contributed by atoms with E-state index in [1.54, 1.807) is 60.7 Å². The standard InChI is InChI=1S/C55H87N5O6S.C31H30ClN5O7S/c1-3-5-7-9-11-13-15-17-19-21-23-25-27-29-31-37-43-60-53(57-49-40-34-36-42-51(49)67(60,64)65)52(59-46-47(45-56-59)55(62)63)54(61)58-48-39-33-35-41-50(48)66-44-38-32-30-28-26-24-22-20-18-16-14-12-10-8-6-4-2;1-19-9-11-25(20(2)15-19)44-14-6-13-37-29(34-22-7-4-5-8-27(22)45(37,41)42)28(36-17-24(31(39)40)33-18-36)30(38)35-23-16-21(32)10-12-26(23)43-3/h33-36,39-42,45-46,52H,3-32,37-38,43-44H2,1-2H3,(H,58,61)(H,62,63);4-5,7-12,15-18,28H,6,13-14H2,1-3H3,(H,35,38)(H,39,40). The molecule has 2 aliphatic heterocycles. The summed E-state index contributed by atoms with van der Waals surface area (Å²) >= 11 is 6.18. The number of unbranched alkanes of at least 4 members (excludes halogenated alkanes) is 30. The number of sulfonamides is 2. The van der Waals surface area contributed by atoms with Gasteiger partial charge in [-0.3, -0.25) is 22.9 Å². The van der Waals surface area contributed by atoms with Gasteiger partial charge in [-0.15, -0.1) is 0 Å². The fourth-order valence-corrected chi connectivity index (χ4v) is 17.4. The maximum absolute atomic E-state index is 14.6. The van der Waals surface area contributed by atoms with Gasteiger partial charge in [0.05, 0.1) is 61.2 Å². The lowest BCUT2D eigenvalue weighted by molar-refractivity contribution is -0.118. The van der Waals surface area contributed by atoms with Gasteiger partial charge in [0, 0.05) is 36.9 Å². The zero-order valence-corrected chi connectivity index (χ0v) is 68.6. The number of ether oxygens (including phenoxy) is 3. The molecule has 26 heteroatoms. The van der Waals surface area contributed by atoms with Gasteiger partial charge in [0.15, 0.2) is 29.4 Å². The maximum atomic E-state index is 14.6. The minimum Gasteiger partial charge on any atom is -0.495 e. The molecule has 0 spiro atoms. The number of carbonyl (C=O) groups excluding carboxylic acids is 2. The molecule has 0 radical (unpaired) electrons. The van der Waals surface area contributed by atoms with E-state index in [2.05, 4.69) is 39.6 Å². The molecule has 2 atom stereocenters. The summed E-state index contributed by atoms with van der Waals surface area (Å²) in [6, 6.07) is 27.4. The van der Waals surface area contributed by atoms with Crippen molar-refractivity contribution < 1.29 is 60.4 Å². The van der Waals surface area contributed by atoms with E-state index in [1.165, 1.54) is 205 Å². The second-order valence-electron chi connectivity index (χ2n) is 29.1. The van der Waals surface area contributed by atoms with E-state index in [1.807, 2.05) is 38.1 Å². The molecule has 0 saturated carbocycles. The highest BCUT2D eigenvalue weighted by molar-refractivity contribution is 7.90. The molecule has 2 amide bonds. The van der Waals surface area contributed by atoms with E-state index in [4.69, 9.17) is 30.8 Å². The van der Waals surface area contributed by atoms with Gasteiger partial charge in [0.2, 0.25) is 0 Å². The number of amides is 2. The van der Waals surface area contributed by atoms with Crippen molar-refractivity contribution in [3.8, 4) is 17.2 Å². The van der Waals surface area contributed by atoms with E-state index in [-0.39, 0.29) is 75.9 Å². The number of nitrogens with zero attached hydrogens (tertiary/aromatic N) is 8. The summed E-state index contributed by atoms with van der Waals surface area (Å²) in [6.07, 6.45) is 44.7. The number of aliphatic imine (C=N–C) groups is 2. The summed E-state index contributed by atoms with van der Waals surface area (Å²) in [7, 11) is -6.91. The third kappa shape index (κ3) is 26.8. The normalized spacial score (nSPS) is 13.8. The Morgan fingerprint density at radius 2 is 0.929 bits per heavy atom. The summed E-state index contributed by atoms with van der Waals surface area (Å²) in [5, 5.41) is 29.7. The number of carbonyl (C=O) groups is 4. The van der Waals surface area contributed by atoms with Crippen LogP contribution in [0.15, 0.2) is 154 Å². The molecule has 9 rings (SSSR count). The minimum atomic E-state index is -4.21. The molecule has 2 unspecified atom stereocenters. The first kappa shape index (κ1) is 88.5. The Morgan fingerprint density at radius 1 is 0.482 bits per heavy atom. The summed E-state index contributed by atoms with van der Waals surface area (Å²) in [6.45, 7) is 9.12. The quantitative estimate of drug-likeness (QED) is 0.0258. The smallest absolute Gasteiger partial charge is 0.356 e. The molecule has 4 N–H and O–H groups in total. The fraction of sp³-hybridized carbons (Fsp3) is 0.512. The Morgan fingerprint density at radius 3 is 1.43 bits per heavy atom. The molecule has 608 valence electrons. The summed E-state index contributed by atoms with van der Waals surface area (Å²) in [4.78, 5) is 65.8. The number of amidine groups is 2. The SMILES string of the molecule is CCCCCCCCCCCCCCCCCCOc1ccccc1NC(=O)C(C1=Nc2ccccc2S(=O)(=O)N1CCCCCCCCCCCCCCCCCC)n1cc(C(=O)O)cn1.COc1ccc(Cl)cc1NC(=O)C(C1=Nc2ccccc2S(=O)(=O)N1CCCOc1ccc(C)cc1C)n1cnc(C(=O)O)c1. The molecule has 0 fully saturated rings. The second kappa shape index (κ2) is 46.8. The van der Waals surface area contributed by atoms with Crippen LogP contribution in [-0.2, 0) is 29.6 Å². The van der Waals surface area contributed by atoms with Gasteiger partial charge in [-0.05, 0) is 92.9 Å². The molecule has 7 aromatic rings. The zero-order chi connectivity index (χ0) is 80.1. The van der Waals surface area contributed by atoms with E-state index in [0.717, 1.165) is 79.1 Å². The third-order valence-electron chi connectivity index (χ3n) is 20.2. The largest absolute Gasteiger partial charge is 0.495 e. The molecule has 2 aliphatic rings. The highest BCUT2D eigenvalue weighted by Crippen LogP contribution is 2.39. The van der Waals surface area contributed by atoms with Gasteiger partial charge >= 0.3 is 11.9 Å². The average Bonchev–Trinajstić information content (AvgIpc) is 0.929. The molecule has 0 saturated heterocycles. The van der Waals surface area contributed by atoms with Crippen LogP contribution in [0.2, 0.25) is 5.02 Å². The van der Waals surface area contributed by atoms with Crippen molar-refractivity contribution in [1.82, 2.24) is 27.9 Å². The number of carboxylic acid groups (broad SMARTS) is 2. The number of rotatable bonds is 51. The van der Waals surface area contributed by atoms with Gasteiger partial charge in [0.25, 0.3) is 31.9 Å². The van der Waals surface area contributed by atoms with Crippen LogP contribution < -0.4 is 24.8 Å². The number of halogens is 1. The topological polar surface area (TPSA) is 296 Å². The molecular formula is C86H117ClN10O13S2. The molecule has 2 aromatic heterocycles. The van der Waals surface area contributed by atoms with Crippen LogP contribution in [0.4, 0.5) is 22.7 Å². The van der Waals surface area contributed by atoms with Gasteiger partial charge in [-0.2, -0.15) is 5.10 Å². The number of aromatic nitrogens is 4. The predicted molar refractivity (Wildman–Crippen MR) is 444 cm³/mol. The van der Waals surface area contributed by atoms with Crippen LogP contribution in [0.3, 0.4) is 0 Å². The van der Waals surface area contributed by atoms with Crippen LogP contribution in [0.1, 0.15) is 270 Å². The van der Waals surface area contributed by atoms with Crippen LogP contribution in [0.25, 0.3) is 0 Å². The lowest BCUT2D eigenvalue weighted by atomic mass is 10.0. The summed E-state index contributed by atoms with van der Waals surface area (Å²) in [5.74, 6) is -2.63. The number of methoxy groups -OCH3 is 1. The number of nitrogens with one attached hydrogen (secondary N) is 2. The van der Waals surface area contributed by atoms with E-state index in [0.29, 0.717) is 41.0 Å². The molecule has 4 heterocycles. The monoisotopic (exact) mass is 1600 g/mol. The van der Waals surface area contributed by atoms with Crippen molar-refractivity contribution >= 4 is 89.8 Å². The summed E-state index contributed by atoms with van der Waals surface area (Å²) in [5.41, 5.74) is 2.53. The predicted octanol–water partition coefficient (Wildman–Crippen LogP) is 20.6. The average molecular weight is 1600 g/mol. The first-order valence-corrected chi connectivity index (χ1v) is 43.8. The van der Waals surface area contributed by atoms with Crippen molar-refractivity contribution in [3.05, 3.63) is 162 Å². The molecule has 0 bridgehead atoms. The number of benzene rings is 5. The van der Waals surface area contributed by atoms with Crippen molar-refractivity contribution in [2.45, 2.75) is 261 Å². The Bertz CT molecular complexity index is 4430. The maximum Gasteiger partial charge on any atom is 0.356 e. The Hall–Kier alpha value is -9.07. The zero-order valence-electron chi connectivity index (χ0n) is 66.2. The van der Waals surface area contributed by atoms with Crippen molar-refractivity contribution in [1.29, 1.82) is 0 Å².